The van der Waals surface area contributed by atoms with Crippen LogP contribution in [0.2, 0.25) is 0 Å². The van der Waals surface area contributed by atoms with Gasteiger partial charge in [-0.05, 0) is 71.2 Å². The Morgan fingerprint density at radius 1 is 0.621 bits per heavy atom. The van der Waals surface area contributed by atoms with Gasteiger partial charge in [0.25, 0.3) is 0 Å². The van der Waals surface area contributed by atoms with Gasteiger partial charge in [-0.3, -0.25) is 4.90 Å². The van der Waals surface area contributed by atoms with Gasteiger partial charge in [-0.2, -0.15) is 12.1 Å². The van der Waals surface area contributed by atoms with Crippen LogP contribution in [0, 0.1) is 18.8 Å². The summed E-state index contributed by atoms with van der Waals surface area (Å²) in [5.74, 6) is 6.33. The molecule has 2 aromatic heterocycles. The van der Waals surface area contributed by atoms with Crippen LogP contribution in [0.15, 0.2) is 134 Å². The Bertz CT molecular complexity index is 2970. The standard InChI is InChI=1S/C48H32N5O4.Pt/c1-48(2,3)29-19-20-49-44(23-29)52-36-12-5-4-11-34(36)35-18-17-33(27-37(35)52)54-32-10-6-9-30(24-32)50-21-22-51(28-50)31-25-42-47-43(26-31)57-41-16-8-14-39-46(41)53(47)45-38(55-39)13-7-15-40(45)56-42;/h4-23,25-26,28H,1-3H3;/q-3;. The molecule has 0 spiro atoms. The van der Waals surface area contributed by atoms with Crippen LogP contribution in [0.5, 0.6) is 46.0 Å². The number of nitrogens with zero attached hydrogens (tertiary/aromatic N) is 5. The van der Waals surface area contributed by atoms with E-state index in [1.54, 1.807) is 0 Å². The summed E-state index contributed by atoms with van der Waals surface area (Å²) in [6, 6.07) is 45.4. The number of hydrogen-bond donors (Lipinski definition) is 0. The van der Waals surface area contributed by atoms with E-state index in [0.717, 1.165) is 79.1 Å². The minimum absolute atomic E-state index is 0. The topological polar surface area (TPSA) is 64.5 Å². The molecule has 0 radical (unpaired) electrons. The van der Waals surface area contributed by atoms with E-state index in [9.17, 15) is 0 Å². The summed E-state index contributed by atoms with van der Waals surface area (Å²) in [6.07, 6.45) is 5.87. The van der Waals surface area contributed by atoms with Gasteiger partial charge in [0.05, 0.1) is 0 Å². The molecule has 10 heteroatoms. The Balaban J connectivity index is 0.00000385. The number of pyridine rings is 1. The molecule has 0 saturated carbocycles. The van der Waals surface area contributed by atoms with Crippen molar-refractivity contribution in [3.05, 3.63) is 158 Å². The first-order valence-electron chi connectivity index (χ1n) is 18.8. The maximum atomic E-state index is 6.52. The molecule has 6 aromatic carbocycles. The first kappa shape index (κ1) is 34.5. The Hall–Kier alpha value is -6.70. The molecule has 9 nitrogen and oxygen atoms in total. The fourth-order valence-electron chi connectivity index (χ4n) is 8.15. The molecule has 12 rings (SSSR count). The van der Waals surface area contributed by atoms with E-state index in [2.05, 4.69) is 84.8 Å². The van der Waals surface area contributed by atoms with Crippen molar-refractivity contribution in [3.63, 3.8) is 0 Å². The van der Waals surface area contributed by atoms with Gasteiger partial charge in [0.15, 0.2) is 34.5 Å². The Labute approximate surface area is 349 Å². The van der Waals surface area contributed by atoms with Crippen molar-refractivity contribution in [2.24, 2.45) is 0 Å². The van der Waals surface area contributed by atoms with Crippen molar-refractivity contribution in [3.8, 4) is 51.8 Å². The van der Waals surface area contributed by atoms with Gasteiger partial charge in [-0.25, -0.2) is 4.98 Å². The molecule has 0 aliphatic carbocycles. The van der Waals surface area contributed by atoms with Gasteiger partial charge in [0, 0.05) is 62.1 Å². The van der Waals surface area contributed by atoms with Crippen molar-refractivity contribution in [1.29, 1.82) is 0 Å². The van der Waals surface area contributed by atoms with Crippen LogP contribution in [0.4, 0.5) is 28.4 Å². The second-order valence-corrected chi connectivity index (χ2v) is 15.5. The molecular weight excluding hydrogens is 906 g/mol. The maximum Gasteiger partial charge on any atom is 0.157 e. The van der Waals surface area contributed by atoms with Gasteiger partial charge in [-0.15, -0.1) is 48.1 Å². The fraction of sp³-hybridized carbons (Fsp3) is 0.0833. The second kappa shape index (κ2) is 12.7. The Kier molecular flexibility index (Phi) is 7.53. The van der Waals surface area contributed by atoms with E-state index < -0.39 is 0 Å². The van der Waals surface area contributed by atoms with E-state index in [1.807, 2.05) is 108 Å². The van der Waals surface area contributed by atoms with Gasteiger partial charge in [0.1, 0.15) is 22.9 Å². The first-order chi connectivity index (χ1) is 27.8. The van der Waals surface area contributed by atoms with Crippen molar-refractivity contribution >= 4 is 50.2 Å². The van der Waals surface area contributed by atoms with Crippen LogP contribution in [0.3, 0.4) is 0 Å². The average Bonchev–Trinajstić information content (AvgIpc) is 3.84. The SMILES string of the molecule is CC(C)(C)c1ccnc(-n2c3[c-]c(Oc4[c-]c(N5C=CN(c6cc7c8c(c6)Oc6cccc9c6N8c6c(cccc6O7)O9)[CH-]5)ccc4)ccc3c3ccccc32)c1.[Pt]. The van der Waals surface area contributed by atoms with Gasteiger partial charge >= 0.3 is 0 Å². The number of benzene rings is 6. The van der Waals surface area contributed by atoms with Crippen molar-refractivity contribution in [2.45, 2.75) is 26.2 Å². The summed E-state index contributed by atoms with van der Waals surface area (Å²) in [4.78, 5) is 11.0. The van der Waals surface area contributed by atoms with E-state index in [1.165, 1.54) is 5.56 Å². The van der Waals surface area contributed by atoms with Gasteiger partial charge in [0.2, 0.25) is 0 Å². The fourth-order valence-corrected chi connectivity index (χ4v) is 8.15. The number of para-hydroxylation sites is 3. The largest absolute Gasteiger partial charge is 0.509 e. The van der Waals surface area contributed by atoms with Crippen molar-refractivity contribution < 1.29 is 40.0 Å². The second-order valence-electron chi connectivity index (χ2n) is 15.5. The number of hydrogen-bond acceptors (Lipinski definition) is 8. The number of aromatic nitrogens is 2. The van der Waals surface area contributed by atoms with Crippen molar-refractivity contribution in [1.82, 2.24) is 9.55 Å². The predicted octanol–water partition coefficient (Wildman–Crippen LogP) is 12.6. The number of fused-ring (bicyclic) bond motifs is 3. The number of rotatable bonds is 5. The average molecular weight is 938 g/mol. The van der Waals surface area contributed by atoms with Crippen LogP contribution in [-0.4, -0.2) is 9.55 Å². The molecular formula is C48H32N5O4Pt-3. The molecule has 0 bridgehead atoms. The molecule has 0 unspecified atom stereocenters. The molecule has 0 amide bonds. The summed E-state index contributed by atoms with van der Waals surface area (Å²) in [7, 11) is 0. The minimum Gasteiger partial charge on any atom is -0.509 e. The van der Waals surface area contributed by atoms with Gasteiger partial charge in [-0.1, -0.05) is 56.6 Å². The molecule has 0 fully saturated rings. The monoisotopic (exact) mass is 937 g/mol. The van der Waals surface area contributed by atoms with Crippen LogP contribution >= 0.6 is 0 Å². The Morgan fingerprint density at radius 2 is 1.26 bits per heavy atom. The van der Waals surface area contributed by atoms with E-state index in [0.29, 0.717) is 23.0 Å². The van der Waals surface area contributed by atoms with Crippen LogP contribution in [-0.2, 0) is 26.5 Å². The summed E-state index contributed by atoms with van der Waals surface area (Å²) in [5, 5.41) is 2.21. The molecule has 0 atom stereocenters. The van der Waals surface area contributed by atoms with Gasteiger partial charge < -0.3 is 33.3 Å². The molecule has 286 valence electrons. The molecule has 6 heterocycles. The van der Waals surface area contributed by atoms with Crippen LogP contribution in [0.1, 0.15) is 26.3 Å². The number of anilines is 5. The molecule has 4 aliphatic rings. The van der Waals surface area contributed by atoms with E-state index in [4.69, 9.17) is 23.9 Å². The normalized spacial score (nSPS) is 14.2. The van der Waals surface area contributed by atoms with Crippen molar-refractivity contribution in [2.75, 3.05) is 14.7 Å². The molecule has 8 aromatic rings. The smallest absolute Gasteiger partial charge is 0.157 e. The zero-order valence-corrected chi connectivity index (χ0v) is 33.7. The summed E-state index contributed by atoms with van der Waals surface area (Å²) < 4.78 is 27.9. The molecule has 58 heavy (non-hydrogen) atoms. The zero-order chi connectivity index (χ0) is 38.0. The van der Waals surface area contributed by atoms with Crippen LogP contribution in [0.25, 0.3) is 27.6 Å². The van der Waals surface area contributed by atoms with Crippen LogP contribution < -0.4 is 33.6 Å². The summed E-state index contributed by atoms with van der Waals surface area (Å²) in [5.41, 5.74) is 7.45. The van der Waals surface area contributed by atoms with E-state index in [-0.39, 0.29) is 26.5 Å². The molecule has 4 aliphatic heterocycles. The third kappa shape index (κ3) is 5.23. The maximum absolute atomic E-state index is 6.52. The molecule has 0 N–H and O–H groups in total. The first-order valence-corrected chi connectivity index (χ1v) is 18.8. The third-order valence-corrected chi connectivity index (χ3v) is 10.9. The number of ether oxygens (including phenoxy) is 4. The Morgan fingerprint density at radius 3 is 1.98 bits per heavy atom. The summed E-state index contributed by atoms with van der Waals surface area (Å²) in [6.45, 7) is 8.64. The minimum atomic E-state index is -0.0213. The third-order valence-electron chi connectivity index (χ3n) is 10.9. The molecule has 0 saturated heterocycles. The quantitative estimate of drug-likeness (QED) is 0.158. The summed E-state index contributed by atoms with van der Waals surface area (Å²) >= 11 is 0. The zero-order valence-electron chi connectivity index (χ0n) is 31.5. The van der Waals surface area contributed by atoms with E-state index >= 15 is 0 Å². The predicted molar refractivity (Wildman–Crippen MR) is 221 cm³/mol.